The number of anilines is 1. The molecule has 0 radical (unpaired) electrons. The van der Waals surface area contributed by atoms with Crippen LogP contribution >= 0.6 is 21.2 Å². The van der Waals surface area contributed by atoms with Crippen LogP contribution in [0.1, 0.15) is 18.4 Å². The summed E-state index contributed by atoms with van der Waals surface area (Å²) in [6, 6.07) is 4.96. The van der Waals surface area contributed by atoms with E-state index in [0.717, 1.165) is 0 Å². The Morgan fingerprint density at radius 2 is 1.78 bits per heavy atom. The number of aliphatic carboxylic acids is 1. The zero-order valence-electron chi connectivity index (χ0n) is 14.7. The lowest BCUT2D eigenvalue weighted by Gasteiger charge is -2.22. The van der Waals surface area contributed by atoms with E-state index in [9.17, 15) is 27.9 Å². The summed E-state index contributed by atoms with van der Waals surface area (Å²) in [5.74, 6) is -2.13. The number of carbonyl (C=O) groups is 3. The maximum Gasteiger partial charge on any atom is 0.326 e. The first-order valence-corrected chi connectivity index (χ1v) is 12.0. The van der Waals surface area contributed by atoms with Gasteiger partial charge in [-0.05, 0) is 30.5 Å². The number of amides is 2. The number of nitrogens with zero attached hydrogens (tertiary/aromatic N) is 1. The average Bonchev–Trinajstić information content (AvgIpc) is 3.35. The van der Waals surface area contributed by atoms with Crippen molar-refractivity contribution in [3.8, 4) is 0 Å². The molecule has 3 N–H and O–H groups in total. The smallest absolute Gasteiger partial charge is 0.326 e. The van der Waals surface area contributed by atoms with E-state index in [1.54, 1.807) is 26.2 Å². The second-order valence-corrected chi connectivity index (χ2v) is 11.1. The van der Waals surface area contributed by atoms with E-state index in [1.165, 1.54) is 38.2 Å². The van der Waals surface area contributed by atoms with Crippen molar-refractivity contribution < 1.29 is 27.9 Å². The normalized spacial score (nSPS) is 16.1. The van der Waals surface area contributed by atoms with Gasteiger partial charge in [-0.25, -0.2) is 4.79 Å². The number of carboxylic acids is 1. The van der Waals surface area contributed by atoms with Crippen LogP contribution in [0.15, 0.2) is 24.3 Å². The Hall–Kier alpha value is -1.89. The van der Waals surface area contributed by atoms with Crippen LogP contribution in [0.2, 0.25) is 0 Å². The first-order valence-electron chi connectivity index (χ1n) is 8.01. The quantitative estimate of drug-likeness (QED) is 0.269. The molecule has 0 spiro atoms. The van der Waals surface area contributed by atoms with Crippen molar-refractivity contribution in [3.05, 3.63) is 29.8 Å². The van der Waals surface area contributed by atoms with Gasteiger partial charge in [0.1, 0.15) is 11.5 Å². The summed E-state index contributed by atoms with van der Waals surface area (Å²) >= 11 is 1.26. The van der Waals surface area contributed by atoms with Crippen LogP contribution in [0.5, 0.6) is 0 Å². The number of benzene rings is 1. The van der Waals surface area contributed by atoms with Crippen LogP contribution in [-0.4, -0.2) is 56.3 Å². The predicted molar refractivity (Wildman–Crippen MR) is 107 cm³/mol. The summed E-state index contributed by atoms with van der Waals surface area (Å²) in [6.45, 7) is 0. The van der Waals surface area contributed by atoms with Gasteiger partial charge in [-0.15, -0.1) is 0 Å². The minimum Gasteiger partial charge on any atom is -0.480 e. The molecule has 2 rings (SSSR count). The van der Waals surface area contributed by atoms with Gasteiger partial charge in [0, 0.05) is 26.2 Å². The fourth-order valence-corrected chi connectivity index (χ4v) is 3.85. The van der Waals surface area contributed by atoms with E-state index in [4.69, 9.17) is 0 Å². The Balaban J connectivity index is 2.07. The highest BCUT2D eigenvalue weighted by molar-refractivity contribution is 14.2. The topological polar surface area (TPSA) is 133 Å². The number of halogens is 1. The fraction of sp³-hybridized carbons (Fsp3) is 0.438. The van der Waals surface area contributed by atoms with Gasteiger partial charge < -0.3 is 15.3 Å². The molecule has 1 aliphatic rings. The molecule has 1 atom stereocenters. The van der Waals surface area contributed by atoms with E-state index in [-0.39, 0.29) is 12.3 Å². The second kappa shape index (κ2) is 8.00. The maximum absolute atomic E-state index is 12.5. The molecule has 0 aliphatic heterocycles. The standard InChI is InChI=1S/C16H20IN3O6S/c1-20(2)15(24)16(7-8-16)14(23)18-12(13(21)22)9-10-3-5-11(6-4-10)19-27(17,25)26/h3-6,12,19H,7-9H2,1-2H3,(H,18,23)(H,21,22)/t12-/m0/s1. The molecule has 0 aromatic heterocycles. The second-order valence-electron chi connectivity index (χ2n) is 6.59. The third kappa shape index (κ3) is 5.54. The Kier molecular flexibility index (Phi) is 6.35. The molecule has 0 bridgehead atoms. The van der Waals surface area contributed by atoms with Gasteiger partial charge in [0.15, 0.2) is 0 Å². The Morgan fingerprint density at radius 3 is 2.19 bits per heavy atom. The van der Waals surface area contributed by atoms with Crippen LogP contribution in [0, 0.1) is 5.41 Å². The molecular formula is C16H20IN3O6S. The van der Waals surface area contributed by atoms with Gasteiger partial charge in [0.05, 0.1) is 21.2 Å². The number of carboxylic acid groups (broad SMARTS) is 1. The maximum atomic E-state index is 12.5. The molecular weight excluding hydrogens is 489 g/mol. The molecule has 0 heterocycles. The van der Waals surface area contributed by atoms with E-state index in [0.29, 0.717) is 24.1 Å². The number of rotatable bonds is 8. The third-order valence-corrected chi connectivity index (χ3v) is 5.38. The van der Waals surface area contributed by atoms with Gasteiger partial charge in [-0.1, -0.05) is 12.1 Å². The Bertz CT molecular complexity index is 849. The van der Waals surface area contributed by atoms with Crippen LogP contribution < -0.4 is 10.0 Å². The molecule has 11 heteroatoms. The molecule has 0 saturated heterocycles. The summed E-state index contributed by atoms with van der Waals surface area (Å²) in [5.41, 5.74) is -0.222. The summed E-state index contributed by atoms with van der Waals surface area (Å²) < 4.78 is 24.7. The van der Waals surface area contributed by atoms with Crippen molar-refractivity contribution in [3.63, 3.8) is 0 Å². The summed E-state index contributed by atoms with van der Waals surface area (Å²) in [5, 5.41) is 11.9. The highest BCUT2D eigenvalue weighted by atomic mass is 127. The first kappa shape index (κ1) is 21.4. The zero-order valence-corrected chi connectivity index (χ0v) is 17.7. The minimum atomic E-state index is -3.43. The largest absolute Gasteiger partial charge is 0.480 e. The number of carbonyl (C=O) groups excluding carboxylic acids is 2. The molecule has 1 aromatic rings. The number of nitrogens with one attached hydrogen (secondary N) is 2. The molecule has 0 unspecified atom stereocenters. The van der Waals surface area contributed by atoms with E-state index < -0.39 is 30.5 Å². The van der Waals surface area contributed by atoms with Gasteiger partial charge in [0.2, 0.25) is 11.8 Å². The lowest BCUT2D eigenvalue weighted by Crippen LogP contribution is -2.49. The van der Waals surface area contributed by atoms with E-state index in [2.05, 4.69) is 10.0 Å². The van der Waals surface area contributed by atoms with Crippen LogP contribution in [0.25, 0.3) is 0 Å². The zero-order chi connectivity index (χ0) is 20.4. The molecule has 1 saturated carbocycles. The van der Waals surface area contributed by atoms with E-state index in [1.807, 2.05) is 0 Å². The average molecular weight is 509 g/mol. The molecule has 148 valence electrons. The summed E-state index contributed by atoms with van der Waals surface area (Å²) in [6.07, 6.45) is 0.797. The lowest BCUT2D eigenvalue weighted by atomic mass is 10.0. The molecule has 1 fully saturated rings. The first-order chi connectivity index (χ1) is 12.4. The molecule has 1 aliphatic carbocycles. The van der Waals surface area contributed by atoms with Gasteiger partial charge >= 0.3 is 5.97 Å². The molecule has 9 nitrogen and oxygen atoms in total. The molecule has 2 amide bonds. The van der Waals surface area contributed by atoms with Crippen LogP contribution in [-0.2, 0) is 28.0 Å². The Morgan fingerprint density at radius 1 is 1.22 bits per heavy atom. The third-order valence-electron chi connectivity index (χ3n) is 4.24. The van der Waals surface area contributed by atoms with Crippen molar-refractivity contribution in [2.45, 2.75) is 25.3 Å². The Labute approximate surface area is 169 Å². The predicted octanol–water partition coefficient (Wildman–Crippen LogP) is 0.759. The van der Waals surface area contributed by atoms with Crippen molar-refractivity contribution >= 4 is 51.9 Å². The summed E-state index contributed by atoms with van der Waals surface area (Å²) in [4.78, 5) is 37.6. The minimum absolute atomic E-state index is 0.00454. The highest BCUT2D eigenvalue weighted by Crippen LogP contribution is 2.47. The number of hydrogen-bond donors (Lipinski definition) is 3. The van der Waals surface area contributed by atoms with Crippen LogP contribution in [0.4, 0.5) is 5.69 Å². The summed E-state index contributed by atoms with van der Waals surface area (Å²) in [7, 11) is -0.331. The fourth-order valence-electron chi connectivity index (χ4n) is 2.67. The van der Waals surface area contributed by atoms with Crippen molar-refractivity contribution in [2.24, 2.45) is 5.41 Å². The highest BCUT2D eigenvalue weighted by Gasteiger charge is 2.57. The van der Waals surface area contributed by atoms with Crippen molar-refractivity contribution in [1.82, 2.24) is 10.2 Å². The van der Waals surface area contributed by atoms with Crippen molar-refractivity contribution in [2.75, 3.05) is 18.8 Å². The number of hydrogen-bond acceptors (Lipinski definition) is 5. The van der Waals surface area contributed by atoms with Gasteiger partial charge in [-0.2, -0.15) is 8.42 Å². The van der Waals surface area contributed by atoms with Crippen molar-refractivity contribution in [1.29, 1.82) is 0 Å². The molecule has 27 heavy (non-hydrogen) atoms. The SMILES string of the molecule is CN(C)C(=O)C1(C(=O)N[C@@H](Cc2ccc(NS(=O)(=O)I)cc2)C(=O)O)CC1. The lowest BCUT2D eigenvalue weighted by molar-refractivity contribution is -0.147. The van der Waals surface area contributed by atoms with E-state index >= 15 is 0 Å². The van der Waals surface area contributed by atoms with Gasteiger partial charge in [0.25, 0.3) is 7.19 Å². The monoisotopic (exact) mass is 509 g/mol. The van der Waals surface area contributed by atoms with Crippen LogP contribution in [0.3, 0.4) is 0 Å². The molecule has 1 aromatic carbocycles. The van der Waals surface area contributed by atoms with Gasteiger partial charge in [-0.3, -0.25) is 14.3 Å².